The highest BCUT2D eigenvalue weighted by atomic mass is 32.2. The number of rotatable bonds is 8. The van der Waals surface area contributed by atoms with Crippen LogP contribution >= 0.6 is 11.8 Å². The lowest BCUT2D eigenvalue weighted by molar-refractivity contribution is -0.133. The molecule has 0 bridgehead atoms. The van der Waals surface area contributed by atoms with Crippen molar-refractivity contribution in [1.82, 2.24) is 5.32 Å². The zero-order valence-electron chi connectivity index (χ0n) is 8.40. The molecule has 6 heteroatoms. The van der Waals surface area contributed by atoms with Crippen molar-refractivity contribution < 1.29 is 19.4 Å². The van der Waals surface area contributed by atoms with Gasteiger partial charge in [0.2, 0.25) is 0 Å². The van der Waals surface area contributed by atoms with Crippen molar-refractivity contribution in [3.63, 3.8) is 0 Å². The maximum absolute atomic E-state index is 10.9. The Morgan fingerprint density at radius 2 is 2.27 bits per heavy atom. The summed E-state index contributed by atoms with van der Waals surface area (Å²) in [5.74, 6) is -0.0204. The Labute approximate surface area is 92.9 Å². The first-order valence-corrected chi connectivity index (χ1v) is 5.63. The molecule has 0 spiro atoms. The number of carbonyl (C=O) groups excluding carboxylic acids is 1. The Bertz CT molecular complexity index is 220. The summed E-state index contributed by atoms with van der Waals surface area (Å²) in [6.07, 6.45) is 1.74. The van der Waals surface area contributed by atoms with Crippen LogP contribution in [0.2, 0.25) is 0 Å². The van der Waals surface area contributed by atoms with Gasteiger partial charge in [0.05, 0.1) is 5.75 Å². The van der Waals surface area contributed by atoms with Crippen LogP contribution in [0.25, 0.3) is 0 Å². The molecule has 0 aliphatic rings. The van der Waals surface area contributed by atoms with Crippen LogP contribution < -0.4 is 5.32 Å². The van der Waals surface area contributed by atoms with Crippen LogP contribution in [0.3, 0.4) is 0 Å². The number of ether oxygens (including phenoxy) is 1. The van der Waals surface area contributed by atoms with E-state index in [-0.39, 0.29) is 12.4 Å². The molecule has 0 aromatic heterocycles. The van der Waals surface area contributed by atoms with Gasteiger partial charge >= 0.3 is 12.1 Å². The lowest BCUT2D eigenvalue weighted by Crippen LogP contribution is -2.25. The van der Waals surface area contributed by atoms with Gasteiger partial charge < -0.3 is 15.2 Å². The van der Waals surface area contributed by atoms with Gasteiger partial charge in [0.15, 0.2) is 0 Å². The highest BCUT2D eigenvalue weighted by molar-refractivity contribution is 7.99. The molecule has 15 heavy (non-hydrogen) atoms. The van der Waals surface area contributed by atoms with Crippen LogP contribution in [0.15, 0.2) is 12.7 Å². The van der Waals surface area contributed by atoms with Gasteiger partial charge in [-0.05, 0) is 12.2 Å². The molecule has 0 aliphatic heterocycles. The molecule has 5 nitrogen and oxygen atoms in total. The fourth-order valence-electron chi connectivity index (χ4n) is 0.710. The van der Waals surface area contributed by atoms with Gasteiger partial charge in [-0.1, -0.05) is 12.7 Å². The molecule has 0 fully saturated rings. The van der Waals surface area contributed by atoms with Crippen molar-refractivity contribution in [3.05, 3.63) is 12.7 Å². The summed E-state index contributed by atoms with van der Waals surface area (Å²) in [4.78, 5) is 21.0. The summed E-state index contributed by atoms with van der Waals surface area (Å²) in [5.41, 5.74) is 0. The molecular formula is C9H15NO4S. The second-order valence-corrected chi connectivity index (χ2v) is 3.72. The number of thioether (sulfide) groups is 1. The molecule has 2 N–H and O–H groups in total. The largest absolute Gasteiger partial charge is 0.481 e. The fourth-order valence-corrected chi connectivity index (χ4v) is 1.38. The first kappa shape index (κ1) is 13.8. The predicted octanol–water partition coefficient (Wildman–Crippen LogP) is 1.11. The average Bonchev–Trinajstić information content (AvgIpc) is 2.19. The van der Waals surface area contributed by atoms with E-state index in [2.05, 4.69) is 16.6 Å². The number of amides is 1. The molecule has 86 valence electrons. The van der Waals surface area contributed by atoms with Gasteiger partial charge in [-0.2, -0.15) is 11.8 Å². The zero-order chi connectivity index (χ0) is 11.5. The van der Waals surface area contributed by atoms with Crippen LogP contribution in [0, 0.1) is 0 Å². The quantitative estimate of drug-likeness (QED) is 0.485. The molecule has 0 rings (SSSR count). The maximum atomic E-state index is 10.9. The van der Waals surface area contributed by atoms with Gasteiger partial charge in [0, 0.05) is 6.54 Å². The third-order valence-corrected chi connectivity index (χ3v) is 2.32. The molecule has 1 amide bonds. The Hall–Kier alpha value is -1.17. The average molecular weight is 233 g/mol. The molecule has 0 heterocycles. The van der Waals surface area contributed by atoms with E-state index in [1.165, 1.54) is 17.8 Å². The van der Waals surface area contributed by atoms with Gasteiger partial charge in [0.1, 0.15) is 6.61 Å². The maximum Gasteiger partial charge on any atom is 0.407 e. The van der Waals surface area contributed by atoms with E-state index in [0.29, 0.717) is 12.3 Å². The van der Waals surface area contributed by atoms with E-state index >= 15 is 0 Å². The van der Waals surface area contributed by atoms with E-state index in [1.807, 2.05) is 0 Å². The minimum Gasteiger partial charge on any atom is -0.481 e. The Balaban J connectivity index is 3.19. The molecule has 0 saturated heterocycles. The van der Waals surface area contributed by atoms with E-state index < -0.39 is 12.1 Å². The standard InChI is InChI=1S/C9H15NO4S/c1-2-5-14-9(13)10-4-3-6-15-7-8(11)12/h2H,1,3-7H2,(H,10,13)(H,11,12). The van der Waals surface area contributed by atoms with Crippen molar-refractivity contribution in [2.75, 3.05) is 24.7 Å². The third-order valence-electron chi connectivity index (χ3n) is 1.29. The summed E-state index contributed by atoms with van der Waals surface area (Å²) in [7, 11) is 0. The van der Waals surface area contributed by atoms with Gasteiger partial charge in [-0.3, -0.25) is 4.79 Å². The molecule has 0 saturated carbocycles. The van der Waals surface area contributed by atoms with Crippen LogP contribution in [-0.2, 0) is 9.53 Å². The van der Waals surface area contributed by atoms with Crippen LogP contribution in [0.1, 0.15) is 6.42 Å². The molecule has 0 atom stereocenters. The number of nitrogens with one attached hydrogen (secondary N) is 1. The lowest BCUT2D eigenvalue weighted by atomic mass is 10.5. The lowest BCUT2D eigenvalue weighted by Gasteiger charge is -2.04. The van der Waals surface area contributed by atoms with E-state index in [9.17, 15) is 9.59 Å². The normalized spacial score (nSPS) is 9.33. The number of carbonyl (C=O) groups is 2. The molecule has 0 aliphatic carbocycles. The summed E-state index contributed by atoms with van der Waals surface area (Å²) < 4.78 is 4.67. The predicted molar refractivity (Wildman–Crippen MR) is 59.1 cm³/mol. The van der Waals surface area contributed by atoms with Crippen molar-refractivity contribution in [1.29, 1.82) is 0 Å². The van der Waals surface area contributed by atoms with Crippen molar-refractivity contribution in [2.45, 2.75) is 6.42 Å². The molecular weight excluding hydrogens is 218 g/mol. The number of hydrogen-bond donors (Lipinski definition) is 2. The van der Waals surface area contributed by atoms with Gasteiger partial charge in [0.25, 0.3) is 0 Å². The monoisotopic (exact) mass is 233 g/mol. The molecule has 0 radical (unpaired) electrons. The summed E-state index contributed by atoms with van der Waals surface area (Å²) in [5, 5.41) is 10.9. The summed E-state index contributed by atoms with van der Waals surface area (Å²) in [6.45, 7) is 4.09. The topological polar surface area (TPSA) is 75.6 Å². The van der Waals surface area contributed by atoms with E-state index in [4.69, 9.17) is 5.11 Å². The number of alkyl carbamates (subject to hydrolysis) is 1. The van der Waals surface area contributed by atoms with Crippen molar-refractivity contribution in [3.8, 4) is 0 Å². The third kappa shape index (κ3) is 10.8. The number of carboxylic acid groups (broad SMARTS) is 1. The number of hydrogen-bond acceptors (Lipinski definition) is 4. The first-order chi connectivity index (χ1) is 7.16. The molecule has 0 aromatic carbocycles. The SMILES string of the molecule is C=CCOC(=O)NCCCSCC(=O)O. The minimum atomic E-state index is -0.821. The van der Waals surface area contributed by atoms with E-state index in [1.54, 1.807) is 0 Å². The Morgan fingerprint density at radius 1 is 1.53 bits per heavy atom. The van der Waals surface area contributed by atoms with Gasteiger partial charge in [-0.25, -0.2) is 4.79 Å². The Kier molecular flexibility index (Phi) is 8.66. The zero-order valence-corrected chi connectivity index (χ0v) is 9.22. The van der Waals surface area contributed by atoms with Gasteiger partial charge in [-0.15, -0.1) is 0 Å². The van der Waals surface area contributed by atoms with E-state index in [0.717, 1.165) is 6.42 Å². The fraction of sp³-hybridized carbons (Fsp3) is 0.556. The summed E-state index contributed by atoms with van der Waals surface area (Å²) in [6, 6.07) is 0. The molecule has 0 unspecified atom stereocenters. The van der Waals surface area contributed by atoms with Crippen molar-refractivity contribution in [2.24, 2.45) is 0 Å². The van der Waals surface area contributed by atoms with Crippen LogP contribution in [0.5, 0.6) is 0 Å². The smallest absolute Gasteiger partial charge is 0.407 e. The highest BCUT2D eigenvalue weighted by Crippen LogP contribution is 2.00. The highest BCUT2D eigenvalue weighted by Gasteiger charge is 1.99. The minimum absolute atomic E-state index is 0.0981. The Morgan fingerprint density at radius 3 is 2.87 bits per heavy atom. The van der Waals surface area contributed by atoms with Crippen molar-refractivity contribution >= 4 is 23.8 Å². The second kappa shape index (κ2) is 9.39. The van der Waals surface area contributed by atoms with Crippen LogP contribution in [-0.4, -0.2) is 41.8 Å². The van der Waals surface area contributed by atoms with Crippen LogP contribution in [0.4, 0.5) is 4.79 Å². The summed E-state index contributed by atoms with van der Waals surface area (Å²) >= 11 is 1.32. The second-order valence-electron chi connectivity index (χ2n) is 2.61. The number of carboxylic acids is 1. The first-order valence-electron chi connectivity index (χ1n) is 4.48. The number of aliphatic carboxylic acids is 1. The molecule has 0 aromatic rings.